The molecule has 1 aromatic rings. The fraction of sp³-hybridized carbons (Fsp3) is 0.636. The maximum absolute atomic E-state index is 11.3. The van der Waals surface area contributed by atoms with E-state index in [9.17, 15) is 4.79 Å². The molecule has 0 saturated heterocycles. The molecule has 2 N–H and O–H groups in total. The molecule has 0 aliphatic carbocycles. The highest BCUT2D eigenvalue weighted by Crippen LogP contribution is 2.15. The Morgan fingerprint density at radius 2 is 2.35 bits per heavy atom. The van der Waals surface area contributed by atoms with Gasteiger partial charge in [0.15, 0.2) is 5.69 Å². The molecule has 0 bridgehead atoms. The van der Waals surface area contributed by atoms with Crippen LogP contribution in [0.4, 0.5) is 6.01 Å². The number of aromatic nitrogens is 1. The van der Waals surface area contributed by atoms with Crippen molar-refractivity contribution in [1.82, 2.24) is 4.98 Å². The number of anilines is 1. The number of aliphatic hydroxyl groups is 1. The summed E-state index contributed by atoms with van der Waals surface area (Å²) in [6.45, 7) is 6.36. The highest BCUT2D eigenvalue weighted by Gasteiger charge is 2.18. The molecule has 0 aliphatic rings. The molecule has 0 saturated carbocycles. The van der Waals surface area contributed by atoms with E-state index in [0.717, 1.165) is 0 Å². The van der Waals surface area contributed by atoms with E-state index in [1.54, 1.807) is 6.92 Å². The quantitative estimate of drug-likeness (QED) is 0.731. The highest BCUT2D eigenvalue weighted by atomic mass is 16.5. The Kier molecular flexibility index (Phi) is 4.51. The number of carbonyl (C=O) groups excluding carboxylic acids is 1. The number of hydrogen-bond donors (Lipinski definition) is 2. The van der Waals surface area contributed by atoms with Gasteiger partial charge in [0.25, 0.3) is 6.01 Å². The number of carbonyl (C=O) groups is 1. The Bertz CT molecular complexity index is 373. The first kappa shape index (κ1) is 13.5. The Hall–Kier alpha value is -1.56. The van der Waals surface area contributed by atoms with Gasteiger partial charge in [-0.15, -0.1) is 0 Å². The van der Waals surface area contributed by atoms with Crippen molar-refractivity contribution in [2.75, 3.05) is 25.1 Å². The molecule has 1 aromatic heterocycles. The minimum absolute atomic E-state index is 0.0471. The largest absolute Gasteiger partial charge is 0.461 e. The lowest BCUT2D eigenvalue weighted by molar-refractivity contribution is 0.0519. The van der Waals surface area contributed by atoms with Crippen LogP contribution in [0.2, 0.25) is 0 Å². The second-order valence-electron chi connectivity index (χ2n) is 4.43. The third-order valence-corrected chi connectivity index (χ3v) is 2.13. The number of ether oxygens (including phenoxy) is 1. The number of nitrogens with one attached hydrogen (secondary N) is 1. The SMILES string of the molecule is CCOC(=O)c1coc(NCC(C)(C)CO)n1. The number of nitrogens with zero attached hydrogens (tertiary/aromatic N) is 1. The van der Waals surface area contributed by atoms with E-state index in [4.69, 9.17) is 14.3 Å². The Morgan fingerprint density at radius 3 is 2.94 bits per heavy atom. The summed E-state index contributed by atoms with van der Waals surface area (Å²) in [5.74, 6) is -0.509. The van der Waals surface area contributed by atoms with Crippen LogP contribution in [0.15, 0.2) is 10.7 Å². The molecule has 0 atom stereocenters. The molecule has 0 aliphatic heterocycles. The normalized spacial score (nSPS) is 11.3. The zero-order valence-electron chi connectivity index (χ0n) is 10.3. The second-order valence-corrected chi connectivity index (χ2v) is 4.43. The van der Waals surface area contributed by atoms with Crippen LogP contribution in [0.3, 0.4) is 0 Å². The molecule has 0 amide bonds. The van der Waals surface area contributed by atoms with Crippen molar-refractivity contribution in [2.24, 2.45) is 5.41 Å². The summed E-state index contributed by atoms with van der Waals surface area (Å²) in [4.78, 5) is 15.2. The fourth-order valence-electron chi connectivity index (χ4n) is 1.02. The first-order valence-electron chi connectivity index (χ1n) is 5.46. The van der Waals surface area contributed by atoms with Crippen molar-refractivity contribution < 1.29 is 19.1 Å². The van der Waals surface area contributed by atoms with E-state index in [1.807, 2.05) is 13.8 Å². The van der Waals surface area contributed by atoms with Crippen LogP contribution >= 0.6 is 0 Å². The van der Waals surface area contributed by atoms with Gasteiger partial charge < -0.3 is 19.6 Å². The summed E-state index contributed by atoms with van der Waals surface area (Å²) in [7, 11) is 0. The van der Waals surface area contributed by atoms with Gasteiger partial charge in [0.1, 0.15) is 6.26 Å². The molecule has 6 heteroatoms. The molecular formula is C11H18N2O4. The second kappa shape index (κ2) is 5.67. The molecule has 1 heterocycles. The molecule has 0 unspecified atom stereocenters. The molecular weight excluding hydrogens is 224 g/mol. The van der Waals surface area contributed by atoms with Gasteiger partial charge in [-0.1, -0.05) is 13.8 Å². The lowest BCUT2D eigenvalue weighted by atomic mass is 9.95. The van der Waals surface area contributed by atoms with Crippen molar-refractivity contribution in [2.45, 2.75) is 20.8 Å². The van der Waals surface area contributed by atoms with Crippen molar-refractivity contribution in [3.8, 4) is 0 Å². The molecule has 96 valence electrons. The number of hydrogen-bond acceptors (Lipinski definition) is 6. The van der Waals surface area contributed by atoms with Gasteiger partial charge in [-0.2, -0.15) is 4.98 Å². The van der Waals surface area contributed by atoms with E-state index >= 15 is 0 Å². The predicted molar refractivity (Wildman–Crippen MR) is 61.8 cm³/mol. The van der Waals surface area contributed by atoms with E-state index in [-0.39, 0.29) is 23.7 Å². The van der Waals surface area contributed by atoms with Gasteiger partial charge in [-0.3, -0.25) is 0 Å². The zero-order valence-corrected chi connectivity index (χ0v) is 10.3. The molecule has 0 fully saturated rings. The highest BCUT2D eigenvalue weighted by molar-refractivity contribution is 5.87. The van der Waals surface area contributed by atoms with Crippen LogP contribution in [-0.4, -0.2) is 35.8 Å². The average molecular weight is 242 g/mol. The van der Waals surface area contributed by atoms with Gasteiger partial charge >= 0.3 is 5.97 Å². The standard InChI is InChI=1S/C11H18N2O4/c1-4-16-9(15)8-5-17-10(13-8)12-6-11(2,3)7-14/h5,14H,4,6-7H2,1-3H3,(H,12,13). The summed E-state index contributed by atoms with van der Waals surface area (Å²) in [5.41, 5.74) is -0.144. The van der Waals surface area contributed by atoms with Crippen molar-refractivity contribution >= 4 is 12.0 Å². The Labute approximate surface area is 100.0 Å². The average Bonchev–Trinajstić information content (AvgIpc) is 2.76. The van der Waals surface area contributed by atoms with Gasteiger partial charge in [0, 0.05) is 18.6 Å². The third-order valence-electron chi connectivity index (χ3n) is 2.13. The molecule has 6 nitrogen and oxygen atoms in total. The van der Waals surface area contributed by atoms with Gasteiger partial charge in [0.2, 0.25) is 0 Å². The van der Waals surface area contributed by atoms with Crippen LogP contribution in [0.5, 0.6) is 0 Å². The monoisotopic (exact) mass is 242 g/mol. The van der Waals surface area contributed by atoms with Crippen molar-refractivity contribution in [1.29, 1.82) is 0 Å². The van der Waals surface area contributed by atoms with Crippen LogP contribution in [-0.2, 0) is 4.74 Å². The predicted octanol–water partition coefficient (Wildman–Crippen LogP) is 1.28. The smallest absolute Gasteiger partial charge is 0.360 e. The lowest BCUT2D eigenvalue weighted by Crippen LogP contribution is -2.26. The molecule has 0 aromatic carbocycles. The number of esters is 1. The topological polar surface area (TPSA) is 84.6 Å². The molecule has 0 radical (unpaired) electrons. The minimum Gasteiger partial charge on any atom is -0.461 e. The van der Waals surface area contributed by atoms with Crippen LogP contribution in [0.1, 0.15) is 31.3 Å². The van der Waals surface area contributed by atoms with E-state index in [1.165, 1.54) is 6.26 Å². The van der Waals surface area contributed by atoms with Gasteiger partial charge in [-0.05, 0) is 6.92 Å². The number of rotatable bonds is 6. The molecule has 0 spiro atoms. The van der Waals surface area contributed by atoms with Crippen LogP contribution < -0.4 is 5.32 Å². The summed E-state index contributed by atoms with van der Waals surface area (Å²) < 4.78 is 9.85. The molecule has 1 rings (SSSR count). The maximum atomic E-state index is 11.3. The summed E-state index contributed by atoms with van der Waals surface area (Å²) in [6, 6.07) is 0.245. The summed E-state index contributed by atoms with van der Waals surface area (Å²) >= 11 is 0. The number of oxazole rings is 1. The fourth-order valence-corrected chi connectivity index (χ4v) is 1.02. The van der Waals surface area contributed by atoms with E-state index in [0.29, 0.717) is 13.2 Å². The van der Waals surface area contributed by atoms with Crippen molar-refractivity contribution in [3.05, 3.63) is 12.0 Å². The molecule has 17 heavy (non-hydrogen) atoms. The van der Waals surface area contributed by atoms with Crippen LogP contribution in [0, 0.1) is 5.41 Å². The summed E-state index contributed by atoms with van der Waals surface area (Å²) in [6.07, 6.45) is 1.24. The van der Waals surface area contributed by atoms with Crippen LogP contribution in [0.25, 0.3) is 0 Å². The third kappa shape index (κ3) is 4.07. The van der Waals surface area contributed by atoms with Gasteiger partial charge in [0.05, 0.1) is 6.61 Å². The first-order valence-corrected chi connectivity index (χ1v) is 5.46. The lowest BCUT2D eigenvalue weighted by Gasteiger charge is -2.20. The van der Waals surface area contributed by atoms with Crippen molar-refractivity contribution in [3.63, 3.8) is 0 Å². The van der Waals surface area contributed by atoms with E-state index in [2.05, 4.69) is 10.3 Å². The first-order chi connectivity index (χ1) is 7.98. The van der Waals surface area contributed by atoms with Gasteiger partial charge in [-0.25, -0.2) is 4.79 Å². The zero-order chi connectivity index (χ0) is 12.9. The van der Waals surface area contributed by atoms with E-state index < -0.39 is 5.97 Å². The maximum Gasteiger partial charge on any atom is 0.360 e. The Morgan fingerprint density at radius 1 is 1.65 bits per heavy atom. The Balaban J connectivity index is 2.54. The summed E-state index contributed by atoms with van der Waals surface area (Å²) in [5, 5.41) is 12.0. The number of aliphatic hydroxyl groups excluding tert-OH is 1. The minimum atomic E-state index is -0.509.